The van der Waals surface area contributed by atoms with Crippen LogP contribution in [0.1, 0.15) is 18.4 Å². The predicted molar refractivity (Wildman–Crippen MR) is 109 cm³/mol. The standard InChI is InChI=1S/C20H23N7O/c1-15-4-7-18(27-14-22-24-25-27)12-19(15)21-13-20(28)23-16-5-8-17(9-6-16)26-10-2-3-11-26/h4-9,12,14,21H,2-3,10-11,13H2,1H3,(H,23,28). The van der Waals surface area contributed by atoms with Crippen LogP contribution >= 0.6 is 0 Å². The highest BCUT2D eigenvalue weighted by atomic mass is 16.1. The van der Waals surface area contributed by atoms with Crippen molar-refractivity contribution in [3.63, 3.8) is 0 Å². The first-order valence-electron chi connectivity index (χ1n) is 9.42. The maximum absolute atomic E-state index is 12.3. The number of rotatable bonds is 6. The lowest BCUT2D eigenvalue weighted by Gasteiger charge is -2.18. The second kappa shape index (κ2) is 8.08. The van der Waals surface area contributed by atoms with Crippen molar-refractivity contribution in [3.8, 4) is 5.69 Å². The van der Waals surface area contributed by atoms with E-state index in [-0.39, 0.29) is 12.5 Å². The topological polar surface area (TPSA) is 88.0 Å². The van der Waals surface area contributed by atoms with E-state index >= 15 is 0 Å². The third-order valence-corrected chi connectivity index (χ3v) is 4.90. The van der Waals surface area contributed by atoms with Gasteiger partial charge >= 0.3 is 0 Å². The molecule has 1 aliphatic heterocycles. The molecule has 8 heteroatoms. The average molecular weight is 377 g/mol. The van der Waals surface area contributed by atoms with Gasteiger partial charge in [0.25, 0.3) is 0 Å². The van der Waals surface area contributed by atoms with Crippen LogP contribution in [0.3, 0.4) is 0 Å². The third-order valence-electron chi connectivity index (χ3n) is 4.90. The van der Waals surface area contributed by atoms with Gasteiger partial charge in [0, 0.05) is 30.2 Å². The molecule has 28 heavy (non-hydrogen) atoms. The molecule has 0 aliphatic carbocycles. The first-order chi connectivity index (χ1) is 13.7. The van der Waals surface area contributed by atoms with Crippen molar-refractivity contribution < 1.29 is 4.79 Å². The van der Waals surface area contributed by atoms with E-state index in [1.54, 1.807) is 4.68 Å². The smallest absolute Gasteiger partial charge is 0.243 e. The number of hydrogen-bond donors (Lipinski definition) is 2. The van der Waals surface area contributed by atoms with E-state index in [2.05, 4.69) is 43.2 Å². The summed E-state index contributed by atoms with van der Waals surface area (Å²) < 4.78 is 1.58. The molecule has 8 nitrogen and oxygen atoms in total. The lowest BCUT2D eigenvalue weighted by atomic mass is 10.2. The highest BCUT2D eigenvalue weighted by Gasteiger charge is 2.12. The number of nitrogens with zero attached hydrogens (tertiary/aromatic N) is 5. The summed E-state index contributed by atoms with van der Waals surface area (Å²) in [6.07, 6.45) is 4.03. The molecule has 144 valence electrons. The van der Waals surface area contributed by atoms with Crippen LogP contribution in [0.5, 0.6) is 0 Å². The quantitative estimate of drug-likeness (QED) is 0.687. The van der Waals surface area contributed by atoms with Gasteiger partial charge in [-0.15, -0.1) is 5.10 Å². The van der Waals surface area contributed by atoms with E-state index < -0.39 is 0 Å². The SMILES string of the molecule is Cc1ccc(-n2cnnn2)cc1NCC(=O)Nc1ccc(N2CCCC2)cc1. The van der Waals surface area contributed by atoms with Gasteiger partial charge in [-0.25, -0.2) is 4.68 Å². The fraction of sp³-hybridized carbons (Fsp3) is 0.300. The van der Waals surface area contributed by atoms with Gasteiger partial charge in [-0.2, -0.15) is 0 Å². The summed E-state index contributed by atoms with van der Waals surface area (Å²) in [5.41, 5.74) is 4.75. The number of carbonyl (C=O) groups excluding carboxylic acids is 1. The maximum atomic E-state index is 12.3. The number of amides is 1. The van der Waals surface area contributed by atoms with Gasteiger partial charge in [0.2, 0.25) is 5.91 Å². The van der Waals surface area contributed by atoms with Crippen LogP contribution in [-0.2, 0) is 4.79 Å². The molecule has 0 bridgehead atoms. The Balaban J connectivity index is 1.35. The molecule has 2 heterocycles. The Labute approximate surface area is 163 Å². The van der Waals surface area contributed by atoms with Crippen LogP contribution < -0.4 is 15.5 Å². The Morgan fingerprint density at radius 2 is 1.82 bits per heavy atom. The van der Waals surface area contributed by atoms with E-state index in [0.717, 1.165) is 35.7 Å². The molecular formula is C20H23N7O. The molecule has 0 unspecified atom stereocenters. The number of tetrazole rings is 1. The van der Waals surface area contributed by atoms with E-state index in [9.17, 15) is 4.79 Å². The minimum absolute atomic E-state index is 0.0962. The van der Waals surface area contributed by atoms with Crippen LogP contribution in [-0.4, -0.2) is 45.7 Å². The third kappa shape index (κ3) is 4.11. The maximum Gasteiger partial charge on any atom is 0.243 e. The highest BCUT2D eigenvalue weighted by Crippen LogP contribution is 2.22. The van der Waals surface area contributed by atoms with Gasteiger partial charge in [0.05, 0.1) is 12.2 Å². The number of aromatic nitrogens is 4. The fourth-order valence-electron chi connectivity index (χ4n) is 3.33. The highest BCUT2D eigenvalue weighted by molar-refractivity contribution is 5.94. The van der Waals surface area contributed by atoms with Crippen LogP contribution in [0.4, 0.5) is 17.1 Å². The Kier molecular flexibility index (Phi) is 5.18. The Hall–Kier alpha value is -3.42. The molecule has 4 rings (SSSR count). The Morgan fingerprint density at radius 3 is 2.54 bits per heavy atom. The number of benzene rings is 2. The summed E-state index contributed by atoms with van der Waals surface area (Å²) in [4.78, 5) is 14.7. The van der Waals surface area contributed by atoms with Gasteiger partial charge in [0.1, 0.15) is 6.33 Å². The van der Waals surface area contributed by atoms with Gasteiger partial charge in [-0.1, -0.05) is 6.07 Å². The predicted octanol–water partition coefficient (Wildman–Crippen LogP) is 2.62. The summed E-state index contributed by atoms with van der Waals surface area (Å²) in [5.74, 6) is -0.0962. The van der Waals surface area contributed by atoms with Crippen LogP contribution in [0.25, 0.3) is 5.69 Å². The second-order valence-corrected chi connectivity index (χ2v) is 6.90. The summed E-state index contributed by atoms with van der Waals surface area (Å²) in [6.45, 7) is 4.38. The monoisotopic (exact) mass is 377 g/mol. The van der Waals surface area contributed by atoms with E-state index in [0.29, 0.717) is 0 Å². The van der Waals surface area contributed by atoms with E-state index in [4.69, 9.17) is 0 Å². The molecule has 1 fully saturated rings. The van der Waals surface area contributed by atoms with Crippen molar-refractivity contribution in [1.29, 1.82) is 0 Å². The minimum atomic E-state index is -0.0962. The van der Waals surface area contributed by atoms with Crippen molar-refractivity contribution >= 4 is 23.0 Å². The summed E-state index contributed by atoms with van der Waals surface area (Å²) in [7, 11) is 0. The first-order valence-corrected chi connectivity index (χ1v) is 9.42. The van der Waals surface area contributed by atoms with Crippen LogP contribution in [0, 0.1) is 6.92 Å². The number of hydrogen-bond acceptors (Lipinski definition) is 6. The lowest BCUT2D eigenvalue weighted by Crippen LogP contribution is -2.22. The van der Waals surface area contributed by atoms with Crippen molar-refractivity contribution in [1.82, 2.24) is 20.2 Å². The largest absolute Gasteiger partial charge is 0.376 e. The Morgan fingerprint density at radius 1 is 1.07 bits per heavy atom. The summed E-state index contributed by atoms with van der Waals surface area (Å²) in [5, 5.41) is 17.3. The molecule has 1 saturated heterocycles. The molecule has 0 atom stereocenters. The molecule has 0 radical (unpaired) electrons. The number of nitrogens with one attached hydrogen (secondary N) is 2. The fourth-order valence-corrected chi connectivity index (χ4v) is 3.33. The molecule has 2 N–H and O–H groups in total. The minimum Gasteiger partial charge on any atom is -0.376 e. The average Bonchev–Trinajstić information content (AvgIpc) is 3.42. The van der Waals surface area contributed by atoms with Crippen LogP contribution in [0.15, 0.2) is 48.8 Å². The van der Waals surface area contributed by atoms with Crippen molar-refractivity contribution in [2.45, 2.75) is 19.8 Å². The second-order valence-electron chi connectivity index (χ2n) is 6.90. The van der Waals surface area contributed by atoms with Gasteiger partial charge in [-0.05, 0) is 72.2 Å². The number of anilines is 3. The number of carbonyl (C=O) groups is 1. The molecule has 1 amide bonds. The molecule has 3 aromatic rings. The molecular weight excluding hydrogens is 354 g/mol. The summed E-state index contributed by atoms with van der Waals surface area (Å²) in [6, 6.07) is 13.9. The Bertz CT molecular complexity index is 932. The zero-order valence-corrected chi connectivity index (χ0v) is 15.8. The van der Waals surface area contributed by atoms with E-state index in [1.807, 2.05) is 37.3 Å². The number of aryl methyl sites for hydroxylation is 1. The van der Waals surface area contributed by atoms with Crippen molar-refractivity contribution in [2.24, 2.45) is 0 Å². The zero-order valence-electron chi connectivity index (χ0n) is 15.8. The molecule has 0 spiro atoms. The normalized spacial score (nSPS) is 13.5. The van der Waals surface area contributed by atoms with Crippen LogP contribution in [0.2, 0.25) is 0 Å². The van der Waals surface area contributed by atoms with Gasteiger partial charge in [0.15, 0.2) is 0 Å². The van der Waals surface area contributed by atoms with E-state index in [1.165, 1.54) is 24.9 Å². The van der Waals surface area contributed by atoms with Gasteiger partial charge in [-0.3, -0.25) is 4.79 Å². The molecule has 2 aromatic carbocycles. The first kappa shape index (κ1) is 18.0. The summed E-state index contributed by atoms with van der Waals surface area (Å²) >= 11 is 0. The lowest BCUT2D eigenvalue weighted by molar-refractivity contribution is -0.114. The van der Waals surface area contributed by atoms with Crippen molar-refractivity contribution in [2.75, 3.05) is 35.2 Å². The molecule has 1 aliphatic rings. The zero-order chi connectivity index (χ0) is 19.3. The van der Waals surface area contributed by atoms with Crippen molar-refractivity contribution in [3.05, 3.63) is 54.4 Å². The van der Waals surface area contributed by atoms with Gasteiger partial charge < -0.3 is 15.5 Å². The molecule has 1 aromatic heterocycles. The molecule has 0 saturated carbocycles.